The molecular formula is C14H24N2O3. The third-order valence-corrected chi connectivity index (χ3v) is 4.60. The standard InChI is InChI=1S/C14H24N2O3/c1-14(6-2-3-7-14)9-15-13(19)16-11-5-4-10(8-11)12(17)18/h10-11H,2-9H2,1H3,(H,17,18)(H2,15,16,19)/t10-,11+/m1/s1. The van der Waals surface area contributed by atoms with Crippen molar-refractivity contribution in [2.24, 2.45) is 11.3 Å². The topological polar surface area (TPSA) is 78.4 Å². The SMILES string of the molecule is CC1(CNC(=O)N[C@H]2CC[C@@H](C(=O)O)C2)CCCC1. The van der Waals surface area contributed by atoms with E-state index in [4.69, 9.17) is 5.11 Å². The molecule has 0 unspecified atom stereocenters. The molecule has 0 bridgehead atoms. The smallest absolute Gasteiger partial charge is 0.315 e. The molecule has 5 heteroatoms. The van der Waals surface area contributed by atoms with Gasteiger partial charge >= 0.3 is 12.0 Å². The number of nitrogens with one attached hydrogen (secondary N) is 2. The van der Waals surface area contributed by atoms with Gasteiger partial charge < -0.3 is 15.7 Å². The monoisotopic (exact) mass is 268 g/mol. The molecule has 2 saturated carbocycles. The van der Waals surface area contributed by atoms with E-state index in [2.05, 4.69) is 17.6 Å². The lowest BCUT2D eigenvalue weighted by atomic mass is 9.89. The molecule has 0 aromatic carbocycles. The molecular weight excluding hydrogens is 244 g/mol. The van der Waals surface area contributed by atoms with E-state index in [1.54, 1.807) is 0 Å². The maximum Gasteiger partial charge on any atom is 0.315 e. The van der Waals surface area contributed by atoms with Crippen LogP contribution >= 0.6 is 0 Å². The summed E-state index contributed by atoms with van der Waals surface area (Å²) in [7, 11) is 0. The van der Waals surface area contributed by atoms with Gasteiger partial charge in [-0.25, -0.2) is 4.79 Å². The van der Waals surface area contributed by atoms with Crippen LogP contribution in [0.2, 0.25) is 0 Å². The minimum atomic E-state index is -0.747. The van der Waals surface area contributed by atoms with E-state index in [0.717, 1.165) is 6.42 Å². The molecule has 0 aliphatic heterocycles. The number of carboxylic acids is 1. The first-order valence-electron chi connectivity index (χ1n) is 7.26. The first-order chi connectivity index (χ1) is 8.98. The van der Waals surface area contributed by atoms with Gasteiger partial charge in [0.15, 0.2) is 0 Å². The summed E-state index contributed by atoms with van der Waals surface area (Å²) in [5.74, 6) is -1.04. The molecule has 108 valence electrons. The third kappa shape index (κ3) is 3.85. The van der Waals surface area contributed by atoms with E-state index in [-0.39, 0.29) is 23.4 Å². The molecule has 0 heterocycles. The van der Waals surface area contributed by atoms with Gasteiger partial charge in [0.25, 0.3) is 0 Å². The second-order valence-electron chi connectivity index (χ2n) is 6.39. The number of carboxylic acid groups (broad SMARTS) is 1. The van der Waals surface area contributed by atoms with Crippen molar-refractivity contribution in [3.63, 3.8) is 0 Å². The van der Waals surface area contributed by atoms with E-state index >= 15 is 0 Å². The van der Waals surface area contributed by atoms with Crippen LogP contribution in [-0.2, 0) is 4.79 Å². The number of carbonyl (C=O) groups excluding carboxylic acids is 1. The molecule has 2 amide bonds. The van der Waals surface area contributed by atoms with Crippen molar-refractivity contribution in [2.75, 3.05) is 6.54 Å². The molecule has 0 spiro atoms. The Bertz CT molecular complexity index is 351. The molecule has 0 aromatic heterocycles. The Morgan fingerprint density at radius 2 is 1.95 bits per heavy atom. The first kappa shape index (κ1) is 14.2. The average molecular weight is 268 g/mol. The predicted octanol–water partition coefficient (Wildman–Crippen LogP) is 2.12. The Morgan fingerprint density at radius 3 is 2.53 bits per heavy atom. The second-order valence-corrected chi connectivity index (χ2v) is 6.39. The summed E-state index contributed by atoms with van der Waals surface area (Å²) in [6.45, 7) is 2.93. The number of carbonyl (C=O) groups is 2. The van der Waals surface area contributed by atoms with Gasteiger partial charge in [0, 0.05) is 12.6 Å². The Balaban J connectivity index is 1.69. The zero-order valence-corrected chi connectivity index (χ0v) is 11.6. The van der Waals surface area contributed by atoms with Gasteiger partial charge in [-0.2, -0.15) is 0 Å². The Kier molecular flexibility index (Phi) is 4.32. The van der Waals surface area contributed by atoms with Crippen molar-refractivity contribution in [3.05, 3.63) is 0 Å². The fraction of sp³-hybridized carbons (Fsp3) is 0.857. The summed E-state index contributed by atoms with van der Waals surface area (Å²) >= 11 is 0. The molecule has 0 radical (unpaired) electrons. The van der Waals surface area contributed by atoms with Crippen LogP contribution in [0.1, 0.15) is 51.9 Å². The van der Waals surface area contributed by atoms with Crippen molar-refractivity contribution in [3.8, 4) is 0 Å². The zero-order valence-electron chi connectivity index (χ0n) is 11.6. The number of urea groups is 1. The highest BCUT2D eigenvalue weighted by Gasteiger charge is 2.32. The van der Waals surface area contributed by atoms with Crippen LogP contribution in [0.5, 0.6) is 0 Å². The van der Waals surface area contributed by atoms with E-state index in [9.17, 15) is 9.59 Å². The maximum absolute atomic E-state index is 11.8. The molecule has 0 aromatic rings. The Labute approximate surface area is 114 Å². The molecule has 2 rings (SSSR count). The normalized spacial score (nSPS) is 29.1. The summed E-state index contributed by atoms with van der Waals surface area (Å²) in [6.07, 6.45) is 6.85. The van der Waals surface area contributed by atoms with Crippen molar-refractivity contribution in [1.82, 2.24) is 10.6 Å². The molecule has 2 aliphatic rings. The fourth-order valence-electron chi connectivity index (χ4n) is 3.27. The van der Waals surface area contributed by atoms with Crippen molar-refractivity contribution < 1.29 is 14.7 Å². The summed E-state index contributed by atoms with van der Waals surface area (Å²) in [5, 5.41) is 14.7. The van der Waals surface area contributed by atoms with Crippen LogP contribution in [0.3, 0.4) is 0 Å². The van der Waals surface area contributed by atoms with E-state index < -0.39 is 5.97 Å². The van der Waals surface area contributed by atoms with Crippen LogP contribution in [0.25, 0.3) is 0 Å². The molecule has 2 atom stereocenters. The van der Waals surface area contributed by atoms with Gasteiger partial charge in [-0.3, -0.25) is 4.79 Å². The molecule has 19 heavy (non-hydrogen) atoms. The van der Waals surface area contributed by atoms with Gasteiger partial charge in [-0.05, 0) is 37.5 Å². The van der Waals surface area contributed by atoms with Crippen molar-refractivity contribution in [2.45, 2.75) is 57.9 Å². The lowest BCUT2D eigenvalue weighted by molar-refractivity contribution is -0.141. The minimum Gasteiger partial charge on any atom is -0.481 e. The van der Waals surface area contributed by atoms with E-state index in [1.807, 2.05) is 0 Å². The van der Waals surface area contributed by atoms with Crippen LogP contribution in [0.15, 0.2) is 0 Å². The zero-order chi connectivity index (χ0) is 13.9. The molecule has 2 aliphatic carbocycles. The highest BCUT2D eigenvalue weighted by atomic mass is 16.4. The Hall–Kier alpha value is -1.26. The predicted molar refractivity (Wildman–Crippen MR) is 71.9 cm³/mol. The largest absolute Gasteiger partial charge is 0.481 e. The summed E-state index contributed by atoms with van der Waals surface area (Å²) in [6, 6.07) is -0.137. The van der Waals surface area contributed by atoms with Crippen LogP contribution in [0, 0.1) is 11.3 Å². The van der Waals surface area contributed by atoms with Gasteiger partial charge in [-0.15, -0.1) is 0 Å². The van der Waals surface area contributed by atoms with Crippen LogP contribution < -0.4 is 10.6 Å². The van der Waals surface area contributed by atoms with Gasteiger partial charge in [0.05, 0.1) is 5.92 Å². The highest BCUT2D eigenvalue weighted by Crippen LogP contribution is 2.36. The van der Waals surface area contributed by atoms with E-state index in [0.29, 0.717) is 19.4 Å². The number of aliphatic carboxylic acids is 1. The quantitative estimate of drug-likeness (QED) is 0.730. The van der Waals surface area contributed by atoms with Crippen LogP contribution in [0.4, 0.5) is 4.79 Å². The van der Waals surface area contributed by atoms with Crippen molar-refractivity contribution in [1.29, 1.82) is 0 Å². The number of hydrogen-bond acceptors (Lipinski definition) is 2. The summed E-state index contributed by atoms with van der Waals surface area (Å²) in [4.78, 5) is 22.7. The van der Waals surface area contributed by atoms with E-state index in [1.165, 1.54) is 25.7 Å². The highest BCUT2D eigenvalue weighted by molar-refractivity contribution is 5.75. The molecule has 0 saturated heterocycles. The number of hydrogen-bond donors (Lipinski definition) is 3. The molecule has 2 fully saturated rings. The number of amides is 2. The molecule has 3 N–H and O–H groups in total. The number of rotatable bonds is 4. The third-order valence-electron chi connectivity index (χ3n) is 4.60. The second kappa shape index (κ2) is 5.80. The minimum absolute atomic E-state index is 0.0116. The Morgan fingerprint density at radius 1 is 1.26 bits per heavy atom. The summed E-state index contributed by atoms with van der Waals surface area (Å²) in [5.41, 5.74) is 0.247. The summed E-state index contributed by atoms with van der Waals surface area (Å²) < 4.78 is 0. The van der Waals surface area contributed by atoms with Crippen molar-refractivity contribution >= 4 is 12.0 Å². The first-order valence-corrected chi connectivity index (χ1v) is 7.26. The van der Waals surface area contributed by atoms with Crippen LogP contribution in [-0.4, -0.2) is 29.7 Å². The fourth-order valence-corrected chi connectivity index (χ4v) is 3.27. The lowest BCUT2D eigenvalue weighted by Gasteiger charge is -2.24. The van der Waals surface area contributed by atoms with Gasteiger partial charge in [-0.1, -0.05) is 19.8 Å². The van der Waals surface area contributed by atoms with Gasteiger partial charge in [0.1, 0.15) is 0 Å². The average Bonchev–Trinajstić information content (AvgIpc) is 2.97. The maximum atomic E-state index is 11.8. The molecule has 5 nitrogen and oxygen atoms in total. The van der Waals surface area contributed by atoms with Gasteiger partial charge in [0.2, 0.25) is 0 Å². The lowest BCUT2D eigenvalue weighted by Crippen LogP contribution is -2.44.